The highest BCUT2D eigenvalue weighted by atomic mass is 35.5. The summed E-state index contributed by atoms with van der Waals surface area (Å²) in [5.41, 5.74) is 3.61. The summed E-state index contributed by atoms with van der Waals surface area (Å²) in [7, 11) is 0. The molecule has 0 unspecified atom stereocenters. The quantitative estimate of drug-likeness (QED) is 0.714. The molecule has 0 atom stereocenters. The number of rotatable bonds is 2. The van der Waals surface area contributed by atoms with Gasteiger partial charge in [-0.2, -0.15) is 0 Å². The van der Waals surface area contributed by atoms with Crippen LogP contribution in [-0.4, -0.2) is 6.29 Å². The molecule has 1 nitrogen and oxygen atoms in total. The van der Waals surface area contributed by atoms with E-state index in [0.717, 1.165) is 23.0 Å². The summed E-state index contributed by atoms with van der Waals surface area (Å²) in [5, 5.41) is 1.22. The summed E-state index contributed by atoms with van der Waals surface area (Å²) in [6.07, 6.45) is 0.834. The Balaban J connectivity index is 2.56. The van der Waals surface area contributed by atoms with E-state index in [9.17, 15) is 4.79 Å². The van der Waals surface area contributed by atoms with Crippen molar-refractivity contribution in [2.75, 3.05) is 0 Å². The Kier molecular flexibility index (Phi) is 3.51. The summed E-state index contributed by atoms with van der Waals surface area (Å²) in [4.78, 5) is 10.7. The topological polar surface area (TPSA) is 17.1 Å². The molecule has 0 aliphatic heterocycles. The maximum atomic E-state index is 10.7. The number of hydrogen-bond donors (Lipinski definition) is 0. The van der Waals surface area contributed by atoms with Crippen molar-refractivity contribution in [3.63, 3.8) is 0 Å². The normalized spacial score (nSPS) is 10.3. The van der Waals surface area contributed by atoms with Gasteiger partial charge in [-0.05, 0) is 36.2 Å². The van der Waals surface area contributed by atoms with E-state index < -0.39 is 0 Å². The molecule has 0 saturated heterocycles. The van der Waals surface area contributed by atoms with E-state index in [-0.39, 0.29) is 0 Å². The third kappa shape index (κ3) is 2.51. The van der Waals surface area contributed by atoms with Crippen molar-refractivity contribution in [3.05, 3.63) is 57.6 Å². The number of benzene rings is 2. The molecule has 0 fully saturated rings. The number of hydrogen-bond acceptors (Lipinski definition) is 1. The van der Waals surface area contributed by atoms with Gasteiger partial charge in [0.15, 0.2) is 0 Å². The molecule has 0 radical (unpaired) electrons. The van der Waals surface area contributed by atoms with Crippen molar-refractivity contribution in [2.45, 2.75) is 6.92 Å². The Labute approximate surface area is 110 Å². The van der Waals surface area contributed by atoms with E-state index in [2.05, 4.69) is 0 Å². The zero-order valence-electron chi connectivity index (χ0n) is 9.21. The van der Waals surface area contributed by atoms with Crippen molar-refractivity contribution in [1.82, 2.24) is 0 Å². The van der Waals surface area contributed by atoms with Crippen LogP contribution in [0.4, 0.5) is 0 Å². The third-order valence-corrected chi connectivity index (χ3v) is 3.16. The van der Waals surface area contributed by atoms with Crippen molar-refractivity contribution < 1.29 is 4.79 Å². The van der Waals surface area contributed by atoms with E-state index >= 15 is 0 Å². The Morgan fingerprint density at radius 3 is 2.29 bits per heavy atom. The summed E-state index contributed by atoms with van der Waals surface area (Å²) in [6, 6.07) is 10.9. The highest BCUT2D eigenvalue weighted by Crippen LogP contribution is 2.32. The van der Waals surface area contributed by atoms with Crippen LogP contribution >= 0.6 is 23.2 Å². The highest BCUT2D eigenvalue weighted by Gasteiger charge is 2.07. The fraction of sp³-hybridized carbons (Fsp3) is 0.0714. The van der Waals surface area contributed by atoms with Gasteiger partial charge in [-0.25, -0.2) is 0 Å². The molecule has 0 saturated carbocycles. The van der Waals surface area contributed by atoms with Crippen LogP contribution in [0.3, 0.4) is 0 Å². The molecule has 0 heterocycles. The minimum absolute atomic E-state index is 0.611. The van der Waals surface area contributed by atoms with Gasteiger partial charge >= 0.3 is 0 Å². The van der Waals surface area contributed by atoms with Crippen molar-refractivity contribution in [1.29, 1.82) is 0 Å². The Morgan fingerprint density at radius 2 is 1.71 bits per heavy atom. The largest absolute Gasteiger partial charge is 0.298 e. The summed E-state index contributed by atoms with van der Waals surface area (Å²) in [5.74, 6) is 0. The minimum atomic E-state index is 0.611. The Morgan fingerprint density at radius 1 is 1.00 bits per heavy atom. The van der Waals surface area contributed by atoms with E-state index in [1.54, 1.807) is 18.2 Å². The number of halogens is 2. The minimum Gasteiger partial charge on any atom is -0.298 e. The lowest BCUT2D eigenvalue weighted by Crippen LogP contribution is -1.87. The zero-order chi connectivity index (χ0) is 12.4. The first kappa shape index (κ1) is 12.2. The van der Waals surface area contributed by atoms with Crippen molar-refractivity contribution >= 4 is 29.5 Å². The first-order chi connectivity index (χ1) is 8.11. The van der Waals surface area contributed by atoms with Crippen molar-refractivity contribution in [3.8, 4) is 11.1 Å². The molecule has 0 aromatic heterocycles. The highest BCUT2D eigenvalue weighted by molar-refractivity contribution is 6.36. The third-order valence-electron chi connectivity index (χ3n) is 2.61. The van der Waals surface area contributed by atoms with Gasteiger partial charge in [0.2, 0.25) is 0 Å². The molecule has 0 N–H and O–H groups in total. The molecule has 0 bridgehead atoms. The average Bonchev–Trinajstić information content (AvgIpc) is 2.30. The predicted molar refractivity (Wildman–Crippen MR) is 72.0 cm³/mol. The maximum Gasteiger partial charge on any atom is 0.150 e. The van der Waals surface area contributed by atoms with Gasteiger partial charge in [0.05, 0.1) is 0 Å². The molecule has 2 aromatic rings. The monoisotopic (exact) mass is 264 g/mol. The van der Waals surface area contributed by atoms with E-state index in [4.69, 9.17) is 23.2 Å². The summed E-state index contributed by atoms with van der Waals surface area (Å²) < 4.78 is 0. The number of carbonyl (C=O) groups is 1. The van der Waals surface area contributed by atoms with Crippen LogP contribution in [0.5, 0.6) is 0 Å². The second kappa shape index (κ2) is 4.91. The summed E-state index contributed by atoms with van der Waals surface area (Å²) >= 11 is 12.0. The second-order valence-corrected chi connectivity index (χ2v) is 4.66. The maximum absolute atomic E-state index is 10.7. The van der Waals surface area contributed by atoms with Crippen LogP contribution in [0.1, 0.15) is 15.9 Å². The van der Waals surface area contributed by atoms with Crippen LogP contribution in [-0.2, 0) is 0 Å². The number of carbonyl (C=O) groups excluding carboxylic acids is 1. The number of aldehydes is 1. The van der Waals surface area contributed by atoms with Crippen molar-refractivity contribution in [2.24, 2.45) is 0 Å². The van der Waals surface area contributed by atoms with E-state index in [1.165, 1.54) is 0 Å². The molecule has 0 aliphatic rings. The van der Waals surface area contributed by atoms with E-state index in [0.29, 0.717) is 15.6 Å². The second-order valence-electron chi connectivity index (χ2n) is 3.82. The lowest BCUT2D eigenvalue weighted by Gasteiger charge is -2.09. The molecule has 2 rings (SSSR count). The molecule has 2 aromatic carbocycles. The Hall–Kier alpha value is -1.31. The smallest absolute Gasteiger partial charge is 0.150 e. The fourth-order valence-electron chi connectivity index (χ4n) is 1.77. The van der Waals surface area contributed by atoms with Gasteiger partial charge in [-0.3, -0.25) is 4.79 Å². The first-order valence-electron chi connectivity index (χ1n) is 5.13. The van der Waals surface area contributed by atoms with Gasteiger partial charge in [0.25, 0.3) is 0 Å². The van der Waals surface area contributed by atoms with Crippen LogP contribution in [0.2, 0.25) is 10.0 Å². The summed E-state index contributed by atoms with van der Waals surface area (Å²) in [6.45, 7) is 1.95. The molecule has 86 valence electrons. The molecular formula is C14H10Cl2O. The van der Waals surface area contributed by atoms with Gasteiger partial charge in [-0.15, -0.1) is 0 Å². The molecular weight excluding hydrogens is 255 g/mol. The SMILES string of the molecule is Cc1cc(C=O)ccc1-c1ccc(Cl)cc1Cl. The van der Waals surface area contributed by atoms with Crippen LogP contribution in [0.25, 0.3) is 11.1 Å². The van der Waals surface area contributed by atoms with Gasteiger partial charge in [-0.1, -0.05) is 41.4 Å². The standard InChI is InChI=1S/C14H10Cl2O/c1-9-6-10(8-17)2-4-12(9)13-5-3-11(15)7-14(13)16/h2-8H,1H3. The fourth-order valence-corrected chi connectivity index (χ4v) is 2.28. The first-order valence-corrected chi connectivity index (χ1v) is 5.88. The number of aryl methyl sites for hydroxylation is 1. The van der Waals surface area contributed by atoms with Gasteiger partial charge in [0.1, 0.15) is 6.29 Å². The molecule has 0 aliphatic carbocycles. The van der Waals surface area contributed by atoms with Crippen LogP contribution in [0, 0.1) is 6.92 Å². The molecule has 0 amide bonds. The lowest BCUT2D eigenvalue weighted by molar-refractivity contribution is 0.112. The molecule has 0 spiro atoms. The van der Waals surface area contributed by atoms with Crippen LogP contribution in [0.15, 0.2) is 36.4 Å². The van der Waals surface area contributed by atoms with Crippen LogP contribution < -0.4 is 0 Å². The Bertz CT molecular complexity index is 576. The molecule has 3 heteroatoms. The average molecular weight is 265 g/mol. The lowest BCUT2D eigenvalue weighted by atomic mass is 9.99. The van der Waals surface area contributed by atoms with Gasteiger partial charge < -0.3 is 0 Å². The zero-order valence-corrected chi connectivity index (χ0v) is 10.7. The van der Waals surface area contributed by atoms with E-state index in [1.807, 2.05) is 25.1 Å². The predicted octanol–water partition coefficient (Wildman–Crippen LogP) is 4.78. The molecule has 17 heavy (non-hydrogen) atoms. The van der Waals surface area contributed by atoms with Gasteiger partial charge in [0, 0.05) is 21.2 Å².